The SMILES string of the molecule is COc1ccc(CN(C)C(=O)C2=C[C@H](N=C(N)N)[C@@H](NC(C)=O)[C@H]([C@H](O)[C@H](O)CO)O2)cc1. The highest BCUT2D eigenvalue weighted by atomic mass is 16.5. The van der Waals surface area contributed by atoms with Gasteiger partial charge >= 0.3 is 0 Å². The Bertz CT molecular complexity index is 885. The Hall–Kier alpha value is -3.35. The Morgan fingerprint density at radius 2 is 1.91 bits per heavy atom. The number of likely N-dealkylation sites (N-methyl/N-ethyl adjacent to an activating group) is 1. The molecule has 12 nitrogen and oxygen atoms in total. The number of methoxy groups -OCH3 is 1. The first-order valence-electron chi connectivity index (χ1n) is 10.2. The van der Waals surface area contributed by atoms with Gasteiger partial charge in [-0.2, -0.15) is 0 Å². The third-order valence-electron chi connectivity index (χ3n) is 5.03. The molecule has 1 aliphatic rings. The summed E-state index contributed by atoms with van der Waals surface area (Å²) in [7, 11) is 3.11. The lowest BCUT2D eigenvalue weighted by molar-refractivity contribution is -0.140. The minimum atomic E-state index is -1.66. The number of nitrogens with zero attached hydrogens (tertiary/aromatic N) is 2. The molecule has 0 saturated heterocycles. The molecule has 0 unspecified atom stereocenters. The summed E-state index contributed by atoms with van der Waals surface area (Å²) in [6.07, 6.45) is -3.26. The van der Waals surface area contributed by atoms with E-state index in [2.05, 4.69) is 10.3 Å². The van der Waals surface area contributed by atoms with Gasteiger partial charge in [-0.1, -0.05) is 12.1 Å². The van der Waals surface area contributed by atoms with E-state index in [0.29, 0.717) is 5.75 Å². The standard InChI is InChI=1S/C21H31N5O7/c1-11(28)24-17-14(25-21(22)23)8-16(33-19(17)18(30)15(29)10-27)20(31)26(2)9-12-4-6-13(32-3)7-5-12/h4-8,14-15,17-19,27,29-30H,9-10H2,1-3H3,(H,24,28)(H4,22,23,25)/t14-,15+,17+,18+,19+/m0/s1. The number of rotatable bonds is 9. The molecule has 0 aliphatic carbocycles. The van der Waals surface area contributed by atoms with Gasteiger partial charge in [0.05, 0.1) is 25.8 Å². The highest BCUT2D eigenvalue weighted by Gasteiger charge is 2.44. The van der Waals surface area contributed by atoms with Crippen LogP contribution < -0.4 is 21.5 Å². The third kappa shape index (κ3) is 6.81. The van der Waals surface area contributed by atoms with Crippen LogP contribution in [0.15, 0.2) is 41.1 Å². The predicted octanol–water partition coefficient (Wildman–Crippen LogP) is -2.20. The molecule has 0 radical (unpaired) electrons. The molecule has 0 fully saturated rings. The lowest BCUT2D eigenvalue weighted by atomic mass is 9.92. The van der Waals surface area contributed by atoms with Crippen LogP contribution >= 0.6 is 0 Å². The summed E-state index contributed by atoms with van der Waals surface area (Å²) in [6, 6.07) is 5.13. The molecule has 5 atom stereocenters. The number of amides is 2. The molecule has 1 aromatic rings. The van der Waals surface area contributed by atoms with Crippen molar-refractivity contribution >= 4 is 17.8 Å². The third-order valence-corrected chi connectivity index (χ3v) is 5.03. The Balaban J connectivity index is 2.35. The normalized spacial score (nSPS) is 21.6. The quantitative estimate of drug-likeness (QED) is 0.173. The van der Waals surface area contributed by atoms with Gasteiger partial charge in [-0.05, 0) is 23.8 Å². The van der Waals surface area contributed by atoms with Crippen LogP contribution in [0.1, 0.15) is 12.5 Å². The number of aliphatic imine (C=N–C) groups is 1. The van der Waals surface area contributed by atoms with E-state index in [1.165, 1.54) is 17.9 Å². The number of benzene rings is 1. The lowest BCUT2D eigenvalue weighted by Crippen LogP contribution is -2.60. The fraction of sp³-hybridized carbons (Fsp3) is 0.476. The van der Waals surface area contributed by atoms with Gasteiger partial charge in [-0.25, -0.2) is 4.99 Å². The summed E-state index contributed by atoms with van der Waals surface area (Å²) in [4.78, 5) is 30.3. The van der Waals surface area contributed by atoms with Crippen LogP contribution in [0.3, 0.4) is 0 Å². The van der Waals surface area contributed by atoms with Crippen molar-refractivity contribution in [2.75, 3.05) is 20.8 Å². The molecule has 2 rings (SSSR count). The first kappa shape index (κ1) is 25.9. The fourth-order valence-electron chi connectivity index (χ4n) is 3.40. The smallest absolute Gasteiger partial charge is 0.288 e. The van der Waals surface area contributed by atoms with Gasteiger partial charge in [0.2, 0.25) is 5.91 Å². The van der Waals surface area contributed by atoms with Crippen LogP contribution in [-0.4, -0.2) is 89.2 Å². The van der Waals surface area contributed by atoms with E-state index in [-0.39, 0.29) is 18.3 Å². The van der Waals surface area contributed by atoms with E-state index in [9.17, 15) is 24.9 Å². The topological polar surface area (TPSA) is 193 Å². The summed E-state index contributed by atoms with van der Waals surface area (Å²) < 4.78 is 10.8. The van der Waals surface area contributed by atoms with Crippen LogP contribution in [0, 0.1) is 0 Å². The van der Waals surface area contributed by atoms with Crippen LogP contribution in [0.2, 0.25) is 0 Å². The van der Waals surface area contributed by atoms with Crippen molar-refractivity contribution in [1.29, 1.82) is 0 Å². The first-order valence-corrected chi connectivity index (χ1v) is 10.2. The second kappa shape index (κ2) is 11.5. The highest BCUT2D eigenvalue weighted by Crippen LogP contribution is 2.26. The molecule has 0 aromatic heterocycles. The number of nitrogens with one attached hydrogen (secondary N) is 1. The van der Waals surface area contributed by atoms with Crippen molar-refractivity contribution in [3.63, 3.8) is 0 Å². The molecule has 1 heterocycles. The number of guanidine groups is 1. The number of hydrogen-bond acceptors (Lipinski definition) is 8. The lowest BCUT2D eigenvalue weighted by Gasteiger charge is -2.39. The number of carbonyl (C=O) groups excluding carboxylic acids is 2. The summed E-state index contributed by atoms with van der Waals surface area (Å²) in [5.41, 5.74) is 11.9. The molecule has 33 heavy (non-hydrogen) atoms. The maximum atomic E-state index is 13.1. The van der Waals surface area contributed by atoms with Gasteiger partial charge in [0.25, 0.3) is 5.91 Å². The van der Waals surface area contributed by atoms with Gasteiger partial charge in [-0.15, -0.1) is 0 Å². The van der Waals surface area contributed by atoms with Crippen molar-refractivity contribution in [3.8, 4) is 5.75 Å². The number of hydrogen-bond donors (Lipinski definition) is 6. The minimum absolute atomic E-state index is 0.184. The Morgan fingerprint density at radius 1 is 1.27 bits per heavy atom. The van der Waals surface area contributed by atoms with Crippen molar-refractivity contribution < 1.29 is 34.4 Å². The molecule has 1 aromatic carbocycles. The van der Waals surface area contributed by atoms with Gasteiger partial charge in [-0.3, -0.25) is 9.59 Å². The summed E-state index contributed by atoms with van der Waals surface area (Å²) in [5, 5.41) is 32.3. The largest absolute Gasteiger partial charge is 0.497 e. The summed E-state index contributed by atoms with van der Waals surface area (Å²) in [5.74, 6) is -0.845. The minimum Gasteiger partial charge on any atom is -0.497 e. The Morgan fingerprint density at radius 3 is 2.42 bits per heavy atom. The van der Waals surface area contributed by atoms with Gasteiger partial charge < -0.3 is 46.5 Å². The Labute approximate surface area is 191 Å². The van der Waals surface area contributed by atoms with E-state index < -0.39 is 48.8 Å². The van der Waals surface area contributed by atoms with Crippen molar-refractivity contribution in [1.82, 2.24) is 10.2 Å². The van der Waals surface area contributed by atoms with Crippen molar-refractivity contribution in [2.45, 2.75) is 43.9 Å². The predicted molar refractivity (Wildman–Crippen MR) is 119 cm³/mol. The molecule has 1 aliphatic heterocycles. The van der Waals surface area contributed by atoms with Gasteiger partial charge in [0, 0.05) is 20.5 Å². The van der Waals surface area contributed by atoms with Crippen LogP contribution in [0.5, 0.6) is 5.75 Å². The molecular formula is C21H31N5O7. The second-order valence-corrected chi connectivity index (χ2v) is 7.63. The average Bonchev–Trinajstić information content (AvgIpc) is 2.78. The fourth-order valence-corrected chi connectivity index (χ4v) is 3.40. The van der Waals surface area contributed by atoms with E-state index in [4.69, 9.17) is 20.9 Å². The molecule has 0 saturated carbocycles. The van der Waals surface area contributed by atoms with Crippen molar-refractivity contribution in [2.24, 2.45) is 16.5 Å². The van der Waals surface area contributed by atoms with Crippen LogP contribution in [-0.2, 0) is 20.9 Å². The van der Waals surface area contributed by atoms with Crippen LogP contribution in [0.4, 0.5) is 0 Å². The van der Waals surface area contributed by atoms with Gasteiger partial charge in [0.1, 0.15) is 24.1 Å². The number of carbonyl (C=O) groups is 2. The van der Waals surface area contributed by atoms with E-state index in [1.54, 1.807) is 38.4 Å². The average molecular weight is 466 g/mol. The molecule has 0 spiro atoms. The number of ether oxygens (including phenoxy) is 2. The molecule has 8 N–H and O–H groups in total. The van der Waals surface area contributed by atoms with Crippen molar-refractivity contribution in [3.05, 3.63) is 41.7 Å². The molecule has 2 amide bonds. The van der Waals surface area contributed by atoms with E-state index >= 15 is 0 Å². The van der Waals surface area contributed by atoms with Crippen LogP contribution in [0.25, 0.3) is 0 Å². The number of aliphatic hydroxyl groups is 3. The highest BCUT2D eigenvalue weighted by molar-refractivity contribution is 5.92. The number of aliphatic hydroxyl groups excluding tert-OH is 3. The first-order chi connectivity index (χ1) is 15.6. The monoisotopic (exact) mass is 465 g/mol. The molecule has 0 bridgehead atoms. The maximum absolute atomic E-state index is 13.1. The number of nitrogens with two attached hydrogens (primary N) is 2. The zero-order chi connectivity index (χ0) is 24.7. The zero-order valence-corrected chi connectivity index (χ0v) is 18.7. The van der Waals surface area contributed by atoms with E-state index in [0.717, 1.165) is 5.56 Å². The van der Waals surface area contributed by atoms with E-state index in [1.807, 2.05) is 0 Å². The Kier molecular flexibility index (Phi) is 9.02. The zero-order valence-electron chi connectivity index (χ0n) is 18.7. The maximum Gasteiger partial charge on any atom is 0.288 e. The molecule has 182 valence electrons. The van der Waals surface area contributed by atoms with Gasteiger partial charge in [0.15, 0.2) is 11.7 Å². The summed E-state index contributed by atoms with van der Waals surface area (Å²) >= 11 is 0. The second-order valence-electron chi connectivity index (χ2n) is 7.63. The summed E-state index contributed by atoms with van der Waals surface area (Å²) in [6.45, 7) is 0.703. The molecule has 12 heteroatoms. The molecular weight excluding hydrogens is 434 g/mol.